The molecule has 4 rings (SSSR count). The van der Waals surface area contributed by atoms with E-state index in [0.29, 0.717) is 5.56 Å². The van der Waals surface area contributed by atoms with Crippen LogP contribution in [-0.4, -0.2) is 11.8 Å². The van der Waals surface area contributed by atoms with Crippen molar-refractivity contribution in [3.05, 3.63) is 101 Å². The van der Waals surface area contributed by atoms with E-state index in [9.17, 15) is 14.0 Å². The van der Waals surface area contributed by atoms with Gasteiger partial charge in [0, 0.05) is 11.6 Å². The number of carbonyl (C=O) groups is 2. The molecule has 1 heterocycles. The minimum absolute atomic E-state index is 0.0212. The highest BCUT2D eigenvalue weighted by Crippen LogP contribution is 2.35. The van der Waals surface area contributed by atoms with Gasteiger partial charge in [0.15, 0.2) is 5.76 Å². The van der Waals surface area contributed by atoms with E-state index in [1.165, 1.54) is 30.3 Å². The molecule has 0 aliphatic carbocycles. The Labute approximate surface area is 160 Å². The lowest BCUT2D eigenvalue weighted by Crippen LogP contribution is -2.11. The third-order valence-electron chi connectivity index (χ3n) is 4.26. The molecule has 1 aliphatic heterocycles. The van der Waals surface area contributed by atoms with Gasteiger partial charge in [-0.15, -0.1) is 0 Å². The van der Waals surface area contributed by atoms with Crippen LogP contribution >= 0.6 is 0 Å². The highest BCUT2D eigenvalue weighted by atomic mass is 19.1. The lowest BCUT2D eigenvalue weighted by Gasteiger charge is -2.06. The molecule has 3 aromatic carbocycles. The van der Waals surface area contributed by atoms with Crippen LogP contribution in [0.25, 0.3) is 6.08 Å². The summed E-state index contributed by atoms with van der Waals surface area (Å²) in [5.74, 6) is -0.638. The van der Waals surface area contributed by atoms with Gasteiger partial charge >= 0.3 is 5.97 Å². The van der Waals surface area contributed by atoms with Gasteiger partial charge in [0.05, 0.1) is 12.0 Å². The first-order chi connectivity index (χ1) is 13.6. The number of rotatable bonds is 4. The maximum absolute atomic E-state index is 13.8. The van der Waals surface area contributed by atoms with E-state index in [4.69, 9.17) is 9.47 Å². The Morgan fingerprint density at radius 1 is 1.00 bits per heavy atom. The van der Waals surface area contributed by atoms with Crippen molar-refractivity contribution in [2.24, 2.45) is 0 Å². The number of carbonyl (C=O) groups excluding carboxylic acids is 2. The third kappa shape index (κ3) is 3.69. The Morgan fingerprint density at radius 3 is 2.54 bits per heavy atom. The first kappa shape index (κ1) is 17.7. The lowest BCUT2D eigenvalue weighted by atomic mass is 10.1. The van der Waals surface area contributed by atoms with Crippen molar-refractivity contribution >= 4 is 17.8 Å². The molecular weight excluding hydrogens is 359 g/mol. The summed E-state index contributed by atoms with van der Waals surface area (Å²) in [6, 6.07) is 19.9. The molecule has 0 unspecified atom stereocenters. The van der Waals surface area contributed by atoms with E-state index >= 15 is 0 Å². The summed E-state index contributed by atoms with van der Waals surface area (Å²) in [4.78, 5) is 24.6. The normalized spacial score (nSPS) is 13.9. The van der Waals surface area contributed by atoms with Gasteiger partial charge in [-0.05, 0) is 29.8 Å². The number of halogens is 1. The molecule has 0 amide bonds. The van der Waals surface area contributed by atoms with E-state index in [1.54, 1.807) is 18.2 Å². The van der Waals surface area contributed by atoms with Crippen LogP contribution < -0.4 is 9.47 Å². The molecule has 0 saturated heterocycles. The van der Waals surface area contributed by atoms with Gasteiger partial charge in [-0.2, -0.15) is 0 Å². The Morgan fingerprint density at radius 2 is 1.75 bits per heavy atom. The van der Waals surface area contributed by atoms with Crippen molar-refractivity contribution < 1.29 is 23.5 Å². The molecular formula is C23H15FO4. The summed E-state index contributed by atoms with van der Waals surface area (Å²) in [6.07, 6.45) is 1.49. The molecule has 4 nitrogen and oxygen atoms in total. The average Bonchev–Trinajstić information content (AvgIpc) is 2.99. The van der Waals surface area contributed by atoms with Crippen LogP contribution in [0.2, 0.25) is 0 Å². The van der Waals surface area contributed by atoms with Crippen LogP contribution in [0.1, 0.15) is 21.5 Å². The molecule has 0 atom stereocenters. The highest BCUT2D eigenvalue weighted by molar-refractivity contribution is 6.14. The maximum atomic E-state index is 13.8. The predicted octanol–water partition coefficient (Wildman–Crippen LogP) is 4.59. The molecule has 138 valence electrons. The van der Waals surface area contributed by atoms with Gasteiger partial charge in [0.2, 0.25) is 5.78 Å². The van der Waals surface area contributed by atoms with Gasteiger partial charge in [-0.25, -0.2) is 4.39 Å². The van der Waals surface area contributed by atoms with Crippen LogP contribution in [0.5, 0.6) is 11.5 Å². The predicted molar refractivity (Wildman–Crippen MR) is 102 cm³/mol. The van der Waals surface area contributed by atoms with Crippen LogP contribution in [0.3, 0.4) is 0 Å². The molecule has 1 aliphatic rings. The Hall–Kier alpha value is -3.73. The Bertz CT molecular complexity index is 1090. The average molecular weight is 374 g/mol. The quantitative estimate of drug-likeness (QED) is 0.381. The Kier molecular flexibility index (Phi) is 4.72. The number of hydrogen-bond donors (Lipinski definition) is 0. The molecule has 0 saturated carbocycles. The summed E-state index contributed by atoms with van der Waals surface area (Å²) in [6.45, 7) is 0. The molecule has 28 heavy (non-hydrogen) atoms. The second-order valence-corrected chi connectivity index (χ2v) is 6.26. The van der Waals surface area contributed by atoms with Crippen molar-refractivity contribution in [2.45, 2.75) is 6.42 Å². The number of allylic oxidation sites excluding steroid dienone is 1. The van der Waals surface area contributed by atoms with Crippen molar-refractivity contribution in [3.63, 3.8) is 0 Å². The molecule has 5 heteroatoms. The first-order valence-corrected chi connectivity index (χ1v) is 8.67. The van der Waals surface area contributed by atoms with Crippen molar-refractivity contribution in [1.29, 1.82) is 0 Å². The SMILES string of the molecule is O=C(Cc1ccccc1)Oc1ccc2c(c1)O/C(=C\c1ccccc1F)C2=O. The van der Waals surface area contributed by atoms with Gasteiger partial charge in [0.25, 0.3) is 0 Å². The number of esters is 1. The number of Topliss-reactive ketones (excluding diaryl/α,β-unsaturated/α-hetero) is 1. The number of fused-ring (bicyclic) bond motifs is 1. The minimum atomic E-state index is -0.446. The zero-order valence-electron chi connectivity index (χ0n) is 14.7. The summed E-state index contributed by atoms with van der Waals surface area (Å²) in [5, 5.41) is 0. The first-order valence-electron chi connectivity index (χ1n) is 8.67. The largest absolute Gasteiger partial charge is 0.452 e. The summed E-state index contributed by atoms with van der Waals surface area (Å²) in [7, 11) is 0. The van der Waals surface area contributed by atoms with E-state index < -0.39 is 11.8 Å². The third-order valence-corrected chi connectivity index (χ3v) is 4.26. The molecule has 0 spiro atoms. The lowest BCUT2D eigenvalue weighted by molar-refractivity contribution is -0.133. The fourth-order valence-corrected chi connectivity index (χ4v) is 2.89. The maximum Gasteiger partial charge on any atom is 0.315 e. The van der Waals surface area contributed by atoms with E-state index in [2.05, 4.69) is 0 Å². The summed E-state index contributed by atoms with van der Waals surface area (Å²) < 4.78 is 24.7. The van der Waals surface area contributed by atoms with E-state index in [-0.39, 0.29) is 35.0 Å². The van der Waals surface area contributed by atoms with Crippen molar-refractivity contribution in [2.75, 3.05) is 0 Å². The molecule has 0 aromatic heterocycles. The topological polar surface area (TPSA) is 52.6 Å². The molecule has 0 bridgehead atoms. The van der Waals surface area contributed by atoms with Crippen LogP contribution in [0.4, 0.5) is 4.39 Å². The van der Waals surface area contributed by atoms with Gasteiger partial charge in [-0.3, -0.25) is 9.59 Å². The number of ether oxygens (including phenoxy) is 2. The summed E-state index contributed by atoms with van der Waals surface area (Å²) in [5.41, 5.74) is 1.44. The number of hydrogen-bond acceptors (Lipinski definition) is 4. The zero-order valence-corrected chi connectivity index (χ0v) is 14.7. The van der Waals surface area contributed by atoms with E-state index in [0.717, 1.165) is 5.56 Å². The van der Waals surface area contributed by atoms with Crippen LogP contribution in [0.15, 0.2) is 78.6 Å². The van der Waals surface area contributed by atoms with Crippen molar-refractivity contribution in [1.82, 2.24) is 0 Å². The minimum Gasteiger partial charge on any atom is -0.452 e. The number of benzene rings is 3. The van der Waals surface area contributed by atoms with Crippen LogP contribution in [0, 0.1) is 5.82 Å². The fourth-order valence-electron chi connectivity index (χ4n) is 2.89. The molecule has 0 N–H and O–H groups in total. The highest BCUT2D eigenvalue weighted by Gasteiger charge is 2.28. The standard InChI is InChI=1S/C23H15FO4/c24-19-9-5-4-8-16(19)13-21-23(26)18-11-10-17(14-20(18)28-21)27-22(25)12-15-6-2-1-3-7-15/h1-11,13-14H,12H2/b21-13-. The summed E-state index contributed by atoms with van der Waals surface area (Å²) >= 11 is 0. The van der Waals surface area contributed by atoms with Gasteiger partial charge in [-0.1, -0.05) is 48.5 Å². The van der Waals surface area contributed by atoms with Crippen LogP contribution in [-0.2, 0) is 11.2 Å². The molecule has 0 fully saturated rings. The zero-order chi connectivity index (χ0) is 19.5. The second-order valence-electron chi connectivity index (χ2n) is 6.26. The van der Waals surface area contributed by atoms with Gasteiger partial charge < -0.3 is 9.47 Å². The monoisotopic (exact) mass is 374 g/mol. The second kappa shape index (κ2) is 7.48. The fraction of sp³-hybridized carbons (Fsp3) is 0.0435. The van der Waals surface area contributed by atoms with Gasteiger partial charge in [0.1, 0.15) is 17.3 Å². The number of ketones is 1. The Balaban J connectivity index is 1.51. The van der Waals surface area contributed by atoms with Crippen molar-refractivity contribution in [3.8, 4) is 11.5 Å². The smallest absolute Gasteiger partial charge is 0.315 e. The molecule has 0 radical (unpaired) electrons. The van der Waals surface area contributed by atoms with E-state index in [1.807, 2.05) is 30.3 Å². The molecule has 3 aromatic rings.